The van der Waals surface area contributed by atoms with Crippen LogP contribution in [-0.2, 0) is 4.79 Å². The zero-order valence-electron chi connectivity index (χ0n) is 17.5. The van der Waals surface area contributed by atoms with Gasteiger partial charge in [-0.2, -0.15) is 0 Å². The smallest absolute Gasteiger partial charge is 0.307 e. The number of rotatable bonds is 8. The van der Waals surface area contributed by atoms with Crippen molar-refractivity contribution in [2.24, 2.45) is 5.92 Å². The van der Waals surface area contributed by atoms with E-state index in [-0.39, 0.29) is 25.2 Å². The van der Waals surface area contributed by atoms with Crippen molar-refractivity contribution in [1.29, 1.82) is 0 Å². The van der Waals surface area contributed by atoms with Crippen molar-refractivity contribution in [3.8, 4) is 11.1 Å². The molecular formula is C26H20ClNO5. The van der Waals surface area contributed by atoms with Crippen molar-refractivity contribution in [3.63, 3.8) is 0 Å². The van der Waals surface area contributed by atoms with Crippen molar-refractivity contribution in [1.82, 2.24) is 4.90 Å². The van der Waals surface area contributed by atoms with E-state index in [1.54, 1.807) is 60.7 Å². The summed E-state index contributed by atoms with van der Waals surface area (Å²) >= 11 is 5.91. The number of halogens is 1. The van der Waals surface area contributed by atoms with E-state index in [4.69, 9.17) is 11.6 Å². The standard InChI is InChI=1S/C26H20ClNO5/c27-20-11-9-17(10-12-20)16-5-7-18(8-6-16)23(29)15-19(26(32)33)13-14-28-24(30)21-3-1-2-4-22(21)25(28)31/h1-12,19H,13-15H2,(H,32,33). The number of carboxylic acids is 1. The lowest BCUT2D eigenvalue weighted by Crippen LogP contribution is -2.33. The molecule has 3 aromatic carbocycles. The summed E-state index contributed by atoms with van der Waals surface area (Å²) in [7, 11) is 0. The Labute approximate surface area is 195 Å². The Morgan fingerprint density at radius 2 is 1.33 bits per heavy atom. The maximum atomic E-state index is 12.7. The van der Waals surface area contributed by atoms with Gasteiger partial charge in [0.2, 0.25) is 0 Å². The lowest BCUT2D eigenvalue weighted by atomic mass is 9.94. The van der Waals surface area contributed by atoms with Crippen LogP contribution in [0.15, 0.2) is 72.8 Å². The van der Waals surface area contributed by atoms with Crippen LogP contribution in [0.5, 0.6) is 0 Å². The Balaban J connectivity index is 1.40. The van der Waals surface area contributed by atoms with Crippen molar-refractivity contribution in [2.45, 2.75) is 12.8 Å². The Morgan fingerprint density at radius 1 is 0.818 bits per heavy atom. The fourth-order valence-corrected chi connectivity index (χ4v) is 4.00. The summed E-state index contributed by atoms with van der Waals surface area (Å²) in [5, 5.41) is 10.2. The van der Waals surface area contributed by atoms with Gasteiger partial charge in [0.15, 0.2) is 5.78 Å². The third-order valence-corrected chi connectivity index (χ3v) is 6.00. The molecule has 1 atom stereocenters. The molecule has 1 aliphatic heterocycles. The second-order valence-electron chi connectivity index (χ2n) is 7.84. The number of imide groups is 1. The lowest BCUT2D eigenvalue weighted by molar-refractivity contribution is -0.142. The Bertz CT molecular complexity index is 1200. The van der Waals surface area contributed by atoms with Crippen LogP contribution < -0.4 is 0 Å². The number of amides is 2. The fourth-order valence-electron chi connectivity index (χ4n) is 3.87. The van der Waals surface area contributed by atoms with E-state index >= 15 is 0 Å². The van der Waals surface area contributed by atoms with E-state index in [0.29, 0.717) is 21.7 Å². The van der Waals surface area contributed by atoms with Gasteiger partial charge in [-0.15, -0.1) is 0 Å². The highest BCUT2D eigenvalue weighted by Crippen LogP contribution is 2.25. The highest BCUT2D eigenvalue weighted by atomic mass is 35.5. The average Bonchev–Trinajstić information content (AvgIpc) is 3.07. The molecule has 0 saturated heterocycles. The summed E-state index contributed by atoms with van der Waals surface area (Å²) in [5.74, 6) is -3.35. The third kappa shape index (κ3) is 4.71. The first kappa shape index (κ1) is 22.4. The van der Waals surface area contributed by atoms with Gasteiger partial charge in [0, 0.05) is 23.6 Å². The molecule has 0 bridgehead atoms. The zero-order chi connectivity index (χ0) is 23.5. The molecule has 1 heterocycles. The first-order valence-electron chi connectivity index (χ1n) is 10.4. The van der Waals surface area contributed by atoms with Crippen molar-refractivity contribution < 1.29 is 24.3 Å². The maximum Gasteiger partial charge on any atom is 0.307 e. The molecular weight excluding hydrogens is 442 g/mol. The van der Waals surface area contributed by atoms with Gasteiger partial charge in [-0.05, 0) is 41.8 Å². The minimum atomic E-state index is -1.14. The highest BCUT2D eigenvalue weighted by molar-refractivity contribution is 6.30. The molecule has 0 radical (unpaired) electrons. The molecule has 0 aliphatic carbocycles. The quantitative estimate of drug-likeness (QED) is 0.378. The van der Waals surface area contributed by atoms with Gasteiger partial charge in [-0.1, -0.05) is 60.1 Å². The largest absolute Gasteiger partial charge is 0.481 e. The predicted molar refractivity (Wildman–Crippen MR) is 123 cm³/mol. The van der Waals surface area contributed by atoms with E-state index in [0.717, 1.165) is 16.0 Å². The molecule has 1 aliphatic rings. The number of carbonyl (C=O) groups is 4. The van der Waals surface area contributed by atoms with Crippen molar-refractivity contribution in [2.75, 3.05) is 6.54 Å². The summed E-state index contributed by atoms with van der Waals surface area (Å²) in [6.45, 7) is -0.0634. The molecule has 1 unspecified atom stereocenters. The summed E-state index contributed by atoms with van der Waals surface area (Å²) in [5.41, 5.74) is 2.88. The van der Waals surface area contributed by atoms with Crippen LogP contribution in [0, 0.1) is 5.92 Å². The van der Waals surface area contributed by atoms with Gasteiger partial charge < -0.3 is 5.11 Å². The van der Waals surface area contributed by atoms with Gasteiger partial charge in [-0.3, -0.25) is 24.1 Å². The van der Waals surface area contributed by atoms with Crippen LogP contribution in [0.3, 0.4) is 0 Å². The third-order valence-electron chi connectivity index (χ3n) is 5.74. The summed E-state index contributed by atoms with van der Waals surface area (Å²) in [6, 6.07) is 20.7. The number of nitrogens with zero attached hydrogens (tertiary/aromatic N) is 1. The molecule has 1 N–H and O–H groups in total. The first-order valence-corrected chi connectivity index (χ1v) is 10.8. The molecule has 166 valence electrons. The van der Waals surface area contributed by atoms with Gasteiger partial charge in [-0.25, -0.2) is 0 Å². The number of ketones is 1. The Hall–Kier alpha value is -3.77. The minimum absolute atomic E-state index is 0.00456. The molecule has 33 heavy (non-hydrogen) atoms. The second-order valence-corrected chi connectivity index (χ2v) is 8.28. The van der Waals surface area contributed by atoms with E-state index in [9.17, 15) is 24.3 Å². The highest BCUT2D eigenvalue weighted by Gasteiger charge is 2.35. The van der Waals surface area contributed by atoms with Gasteiger partial charge in [0.05, 0.1) is 17.0 Å². The van der Waals surface area contributed by atoms with Crippen LogP contribution in [0.1, 0.15) is 43.9 Å². The number of aliphatic carboxylic acids is 1. The van der Waals surface area contributed by atoms with Crippen LogP contribution in [0.4, 0.5) is 0 Å². The topological polar surface area (TPSA) is 91.8 Å². The van der Waals surface area contributed by atoms with Crippen molar-refractivity contribution >= 4 is 35.2 Å². The average molecular weight is 462 g/mol. The molecule has 0 aromatic heterocycles. The minimum Gasteiger partial charge on any atom is -0.481 e. The van der Waals surface area contributed by atoms with E-state index in [1.165, 1.54) is 0 Å². The number of carboxylic acid groups (broad SMARTS) is 1. The van der Waals surface area contributed by atoms with E-state index < -0.39 is 23.7 Å². The molecule has 6 nitrogen and oxygen atoms in total. The van der Waals surface area contributed by atoms with Crippen LogP contribution in [-0.4, -0.2) is 40.1 Å². The monoisotopic (exact) mass is 461 g/mol. The molecule has 7 heteroatoms. The Kier molecular flexibility index (Phi) is 6.38. The molecule has 0 saturated carbocycles. The lowest BCUT2D eigenvalue weighted by Gasteiger charge is -2.17. The normalized spacial score (nSPS) is 13.7. The summed E-state index contributed by atoms with van der Waals surface area (Å²) in [6.07, 6.45) is -0.228. The van der Waals surface area contributed by atoms with Crippen LogP contribution in [0.25, 0.3) is 11.1 Å². The number of carbonyl (C=O) groups excluding carboxylic acids is 3. The summed E-state index contributed by atoms with van der Waals surface area (Å²) in [4.78, 5) is 50.5. The maximum absolute atomic E-state index is 12.7. The van der Waals surface area contributed by atoms with E-state index in [1.807, 2.05) is 12.1 Å². The predicted octanol–water partition coefficient (Wildman–Crippen LogP) is 4.97. The van der Waals surface area contributed by atoms with Crippen molar-refractivity contribution in [3.05, 3.63) is 94.5 Å². The molecule has 3 aromatic rings. The number of hydrogen-bond acceptors (Lipinski definition) is 4. The first-order chi connectivity index (χ1) is 15.8. The molecule has 2 amide bonds. The van der Waals surface area contributed by atoms with E-state index in [2.05, 4.69) is 0 Å². The number of benzene rings is 3. The fraction of sp³-hybridized carbons (Fsp3) is 0.154. The van der Waals surface area contributed by atoms with Gasteiger partial charge in [0.1, 0.15) is 0 Å². The number of Topliss-reactive ketones (excluding diaryl/α,β-unsaturated/α-hetero) is 1. The molecule has 4 rings (SSSR count). The zero-order valence-corrected chi connectivity index (χ0v) is 18.3. The summed E-state index contributed by atoms with van der Waals surface area (Å²) < 4.78 is 0. The number of fused-ring (bicyclic) bond motifs is 1. The molecule has 0 spiro atoms. The van der Waals surface area contributed by atoms with Crippen LogP contribution >= 0.6 is 11.6 Å². The van der Waals surface area contributed by atoms with Gasteiger partial charge in [0.25, 0.3) is 11.8 Å². The Morgan fingerprint density at radius 3 is 1.85 bits per heavy atom. The molecule has 0 fully saturated rings. The van der Waals surface area contributed by atoms with Crippen LogP contribution in [0.2, 0.25) is 5.02 Å². The SMILES string of the molecule is O=C(CC(CCN1C(=O)c2ccccc2C1=O)C(=O)O)c1ccc(-c2ccc(Cl)cc2)cc1. The number of hydrogen-bond donors (Lipinski definition) is 1. The second kappa shape index (κ2) is 9.38. The van der Waals surface area contributed by atoms with Gasteiger partial charge >= 0.3 is 5.97 Å².